The highest BCUT2D eigenvalue weighted by atomic mass is 79.9. The highest BCUT2D eigenvalue weighted by Crippen LogP contribution is 2.27. The zero-order valence-electron chi connectivity index (χ0n) is 10.8. The molecule has 1 N–H and O–H groups in total. The van der Waals surface area contributed by atoms with E-state index in [4.69, 9.17) is 11.6 Å². The quantitative estimate of drug-likeness (QED) is 0.705. The van der Waals surface area contributed by atoms with Gasteiger partial charge >= 0.3 is 0 Å². The molecule has 21 heavy (non-hydrogen) atoms. The number of aromatic nitrogens is 1. The summed E-state index contributed by atoms with van der Waals surface area (Å²) in [6.07, 6.45) is 1.62. The van der Waals surface area contributed by atoms with E-state index in [9.17, 15) is 4.79 Å². The fourth-order valence-electron chi connectivity index (χ4n) is 2.08. The van der Waals surface area contributed by atoms with E-state index in [1.807, 2.05) is 30.3 Å². The maximum Gasteiger partial charge on any atom is 0.256 e. The van der Waals surface area contributed by atoms with Crippen molar-refractivity contribution in [3.05, 3.63) is 69.8 Å². The number of benzene rings is 2. The molecule has 5 heteroatoms. The second-order valence-corrected chi connectivity index (χ2v) is 5.78. The minimum Gasteiger partial charge on any atom is -0.321 e. The van der Waals surface area contributed by atoms with Crippen LogP contribution in [0.15, 0.2) is 59.2 Å². The second-order valence-electron chi connectivity index (χ2n) is 4.45. The summed E-state index contributed by atoms with van der Waals surface area (Å²) < 4.78 is 0.849. The van der Waals surface area contributed by atoms with Gasteiger partial charge in [-0.05, 0) is 30.3 Å². The Balaban J connectivity index is 1.99. The van der Waals surface area contributed by atoms with E-state index in [2.05, 4.69) is 26.2 Å². The van der Waals surface area contributed by atoms with E-state index in [0.717, 1.165) is 15.4 Å². The van der Waals surface area contributed by atoms with Crippen LogP contribution >= 0.6 is 27.5 Å². The number of halogens is 2. The minimum atomic E-state index is -0.214. The van der Waals surface area contributed by atoms with Crippen LogP contribution in [0.3, 0.4) is 0 Å². The summed E-state index contributed by atoms with van der Waals surface area (Å²) in [4.78, 5) is 16.7. The maximum atomic E-state index is 12.5. The molecule has 0 fully saturated rings. The van der Waals surface area contributed by atoms with Gasteiger partial charge in [0.1, 0.15) is 0 Å². The third-order valence-corrected chi connectivity index (χ3v) is 3.89. The van der Waals surface area contributed by atoms with Crippen LogP contribution in [-0.4, -0.2) is 10.9 Å². The number of rotatable bonds is 2. The van der Waals surface area contributed by atoms with E-state index in [1.54, 1.807) is 24.4 Å². The largest absolute Gasteiger partial charge is 0.321 e. The lowest BCUT2D eigenvalue weighted by Crippen LogP contribution is -2.13. The topological polar surface area (TPSA) is 42.0 Å². The van der Waals surface area contributed by atoms with Crippen LogP contribution in [0.2, 0.25) is 5.02 Å². The number of nitrogens with one attached hydrogen (secondary N) is 1. The minimum absolute atomic E-state index is 0.214. The summed E-state index contributed by atoms with van der Waals surface area (Å²) in [6.45, 7) is 0. The number of carbonyl (C=O) groups excluding carboxylic acids is 1. The van der Waals surface area contributed by atoms with Crippen molar-refractivity contribution in [1.82, 2.24) is 4.98 Å². The van der Waals surface area contributed by atoms with Crippen LogP contribution < -0.4 is 5.32 Å². The SMILES string of the molecule is O=C(Nc1cc(Br)ccc1Cl)c1ccnc2ccccc12. The summed E-state index contributed by atoms with van der Waals surface area (Å²) >= 11 is 9.46. The summed E-state index contributed by atoms with van der Waals surface area (Å²) in [5, 5.41) is 4.13. The van der Waals surface area contributed by atoms with E-state index in [0.29, 0.717) is 16.3 Å². The van der Waals surface area contributed by atoms with Crippen molar-refractivity contribution < 1.29 is 4.79 Å². The van der Waals surface area contributed by atoms with Crippen molar-refractivity contribution in [1.29, 1.82) is 0 Å². The first kappa shape index (κ1) is 14.0. The van der Waals surface area contributed by atoms with Gasteiger partial charge in [-0.1, -0.05) is 45.7 Å². The van der Waals surface area contributed by atoms with Gasteiger partial charge in [-0.15, -0.1) is 0 Å². The average molecular weight is 362 g/mol. The Morgan fingerprint density at radius 2 is 1.95 bits per heavy atom. The number of hydrogen-bond acceptors (Lipinski definition) is 2. The molecule has 1 heterocycles. The Bertz CT molecular complexity index is 830. The Hall–Kier alpha value is -1.91. The first-order valence-electron chi connectivity index (χ1n) is 6.25. The molecule has 2 aromatic carbocycles. The lowest BCUT2D eigenvalue weighted by Gasteiger charge is -2.09. The lowest BCUT2D eigenvalue weighted by molar-refractivity contribution is 0.102. The molecule has 1 amide bonds. The van der Waals surface area contributed by atoms with Crippen molar-refractivity contribution in [3.8, 4) is 0 Å². The van der Waals surface area contributed by atoms with Gasteiger partial charge in [0.05, 0.1) is 21.8 Å². The number of carbonyl (C=O) groups is 1. The maximum absolute atomic E-state index is 12.5. The number of para-hydroxylation sites is 1. The van der Waals surface area contributed by atoms with Crippen LogP contribution in [0.1, 0.15) is 10.4 Å². The van der Waals surface area contributed by atoms with Crippen molar-refractivity contribution in [2.45, 2.75) is 0 Å². The molecule has 0 saturated carbocycles. The molecule has 1 aromatic heterocycles. The monoisotopic (exact) mass is 360 g/mol. The summed E-state index contributed by atoms with van der Waals surface area (Å²) in [5.74, 6) is -0.214. The first-order chi connectivity index (χ1) is 10.1. The number of pyridine rings is 1. The molecule has 0 aliphatic heterocycles. The van der Waals surface area contributed by atoms with Gasteiger partial charge < -0.3 is 5.32 Å². The molecular weight excluding hydrogens is 352 g/mol. The average Bonchev–Trinajstić information content (AvgIpc) is 2.50. The third-order valence-electron chi connectivity index (χ3n) is 3.07. The molecule has 0 bridgehead atoms. The molecule has 104 valence electrons. The van der Waals surface area contributed by atoms with Crippen molar-refractivity contribution in [3.63, 3.8) is 0 Å². The first-order valence-corrected chi connectivity index (χ1v) is 7.42. The molecule has 3 aromatic rings. The number of fused-ring (bicyclic) bond motifs is 1. The summed E-state index contributed by atoms with van der Waals surface area (Å²) in [5.41, 5.74) is 1.92. The number of amides is 1. The lowest BCUT2D eigenvalue weighted by atomic mass is 10.1. The smallest absolute Gasteiger partial charge is 0.256 e. The number of hydrogen-bond donors (Lipinski definition) is 1. The number of nitrogens with zero attached hydrogens (tertiary/aromatic N) is 1. The van der Waals surface area contributed by atoms with Crippen LogP contribution in [0.4, 0.5) is 5.69 Å². The van der Waals surface area contributed by atoms with E-state index >= 15 is 0 Å². The Kier molecular flexibility index (Phi) is 3.90. The Labute approximate surface area is 135 Å². The molecule has 0 aliphatic carbocycles. The van der Waals surface area contributed by atoms with Gasteiger partial charge in [-0.2, -0.15) is 0 Å². The molecule has 0 unspecified atom stereocenters. The fourth-order valence-corrected chi connectivity index (χ4v) is 2.60. The molecule has 3 nitrogen and oxygen atoms in total. The zero-order chi connectivity index (χ0) is 14.8. The molecule has 0 aliphatic rings. The molecule has 0 radical (unpaired) electrons. The molecule has 0 saturated heterocycles. The van der Waals surface area contributed by atoms with Crippen LogP contribution in [0.25, 0.3) is 10.9 Å². The third kappa shape index (κ3) is 2.91. The predicted molar refractivity (Wildman–Crippen MR) is 88.8 cm³/mol. The summed E-state index contributed by atoms with van der Waals surface area (Å²) in [7, 11) is 0. The predicted octanol–water partition coefficient (Wildman–Crippen LogP) is 4.90. The van der Waals surface area contributed by atoms with Crippen molar-refractivity contribution in [2.75, 3.05) is 5.32 Å². The molecule has 0 spiro atoms. The van der Waals surface area contributed by atoms with E-state index in [1.165, 1.54) is 0 Å². The standard InChI is InChI=1S/C16H10BrClN2O/c17-10-5-6-13(18)15(9-10)20-16(21)12-7-8-19-14-4-2-1-3-11(12)14/h1-9H,(H,20,21). The van der Waals surface area contributed by atoms with Gasteiger partial charge in [0.15, 0.2) is 0 Å². The van der Waals surface area contributed by atoms with Crippen molar-refractivity contribution >= 4 is 50.0 Å². The van der Waals surface area contributed by atoms with Gasteiger partial charge in [-0.3, -0.25) is 9.78 Å². The van der Waals surface area contributed by atoms with Crippen LogP contribution in [0.5, 0.6) is 0 Å². The normalized spacial score (nSPS) is 10.6. The van der Waals surface area contributed by atoms with E-state index < -0.39 is 0 Å². The Morgan fingerprint density at radius 3 is 2.81 bits per heavy atom. The van der Waals surface area contributed by atoms with Gasteiger partial charge in [0.25, 0.3) is 5.91 Å². The molecular formula is C16H10BrClN2O. The zero-order valence-corrected chi connectivity index (χ0v) is 13.1. The molecule has 3 rings (SSSR count). The van der Waals surface area contributed by atoms with Crippen molar-refractivity contribution in [2.24, 2.45) is 0 Å². The fraction of sp³-hybridized carbons (Fsp3) is 0. The highest BCUT2D eigenvalue weighted by Gasteiger charge is 2.12. The number of anilines is 1. The second kappa shape index (κ2) is 5.84. The van der Waals surface area contributed by atoms with E-state index in [-0.39, 0.29) is 5.91 Å². The molecule has 0 atom stereocenters. The van der Waals surface area contributed by atoms with Gasteiger partial charge in [0.2, 0.25) is 0 Å². The Morgan fingerprint density at radius 1 is 1.14 bits per heavy atom. The van der Waals surface area contributed by atoms with Crippen LogP contribution in [0, 0.1) is 0 Å². The van der Waals surface area contributed by atoms with Gasteiger partial charge in [-0.25, -0.2) is 0 Å². The van der Waals surface area contributed by atoms with Gasteiger partial charge in [0, 0.05) is 16.1 Å². The highest BCUT2D eigenvalue weighted by molar-refractivity contribution is 9.10. The summed E-state index contributed by atoms with van der Waals surface area (Å²) in [6, 6.07) is 14.5. The van der Waals surface area contributed by atoms with Crippen LogP contribution in [-0.2, 0) is 0 Å².